The Labute approximate surface area is 159 Å². The Bertz CT molecular complexity index is 626. The van der Waals surface area contributed by atoms with E-state index in [1.807, 2.05) is 4.90 Å². The number of ether oxygens (including phenoxy) is 1. The molecule has 0 bridgehead atoms. The molecule has 0 aromatic heterocycles. The zero-order valence-corrected chi connectivity index (χ0v) is 16.2. The SMILES string of the molecule is CN=C(NCCC(C)C)NCc1ccc(N2CCOCC2)cc1C(F)(F)F. The van der Waals surface area contributed by atoms with Gasteiger partial charge in [-0.2, -0.15) is 13.2 Å². The summed E-state index contributed by atoms with van der Waals surface area (Å²) in [4.78, 5) is 5.99. The van der Waals surface area contributed by atoms with E-state index in [1.165, 1.54) is 6.07 Å². The number of nitrogens with one attached hydrogen (secondary N) is 2. The van der Waals surface area contributed by atoms with Gasteiger partial charge in [0.15, 0.2) is 5.96 Å². The lowest BCUT2D eigenvalue weighted by atomic mass is 10.0. The van der Waals surface area contributed by atoms with Crippen LogP contribution in [-0.4, -0.2) is 45.9 Å². The molecule has 0 aliphatic carbocycles. The number of rotatable bonds is 6. The summed E-state index contributed by atoms with van der Waals surface area (Å²) in [5.41, 5.74) is 0.164. The molecule has 1 aliphatic rings. The standard InChI is InChI=1S/C19H29F3N4O/c1-14(2)6-7-24-18(23-3)25-13-15-4-5-16(12-17(15)19(20,21)22)26-8-10-27-11-9-26/h4-5,12,14H,6-11,13H2,1-3H3,(H2,23,24,25). The zero-order valence-electron chi connectivity index (χ0n) is 16.2. The number of nitrogens with zero attached hydrogens (tertiary/aromatic N) is 2. The van der Waals surface area contributed by atoms with Crippen molar-refractivity contribution in [2.45, 2.75) is 33.0 Å². The maximum Gasteiger partial charge on any atom is 0.416 e. The van der Waals surface area contributed by atoms with Crippen molar-refractivity contribution in [3.05, 3.63) is 29.3 Å². The first-order valence-electron chi connectivity index (χ1n) is 9.28. The molecule has 1 heterocycles. The lowest BCUT2D eigenvalue weighted by Crippen LogP contribution is -2.38. The Hall–Kier alpha value is -1.96. The van der Waals surface area contributed by atoms with Crippen LogP contribution in [0.5, 0.6) is 0 Å². The summed E-state index contributed by atoms with van der Waals surface area (Å²) in [6.45, 7) is 7.26. The van der Waals surface area contributed by atoms with Crippen molar-refractivity contribution < 1.29 is 17.9 Å². The number of benzene rings is 1. The van der Waals surface area contributed by atoms with Crippen molar-refractivity contribution in [2.24, 2.45) is 10.9 Å². The molecule has 1 saturated heterocycles. The number of hydrogen-bond acceptors (Lipinski definition) is 3. The van der Waals surface area contributed by atoms with E-state index in [1.54, 1.807) is 19.2 Å². The Morgan fingerprint density at radius 1 is 1.22 bits per heavy atom. The smallest absolute Gasteiger partial charge is 0.378 e. The van der Waals surface area contributed by atoms with Gasteiger partial charge in [-0.1, -0.05) is 19.9 Å². The summed E-state index contributed by atoms with van der Waals surface area (Å²) >= 11 is 0. The molecule has 0 atom stereocenters. The maximum absolute atomic E-state index is 13.6. The third-order valence-corrected chi connectivity index (χ3v) is 4.46. The largest absolute Gasteiger partial charge is 0.416 e. The van der Waals surface area contributed by atoms with Gasteiger partial charge >= 0.3 is 6.18 Å². The minimum Gasteiger partial charge on any atom is -0.378 e. The van der Waals surface area contributed by atoms with Crippen LogP contribution in [0.1, 0.15) is 31.4 Å². The summed E-state index contributed by atoms with van der Waals surface area (Å²) in [5.74, 6) is 1.04. The molecule has 2 N–H and O–H groups in total. The molecule has 0 spiro atoms. The van der Waals surface area contributed by atoms with Crippen molar-refractivity contribution in [1.82, 2.24) is 10.6 Å². The van der Waals surface area contributed by atoms with Crippen LogP contribution >= 0.6 is 0 Å². The van der Waals surface area contributed by atoms with E-state index in [9.17, 15) is 13.2 Å². The van der Waals surface area contributed by atoms with Crippen molar-refractivity contribution in [3.8, 4) is 0 Å². The van der Waals surface area contributed by atoms with Crippen LogP contribution in [0.3, 0.4) is 0 Å². The molecule has 1 fully saturated rings. The molecule has 1 aromatic carbocycles. The first kappa shape index (κ1) is 21.3. The quantitative estimate of drug-likeness (QED) is 0.582. The zero-order chi connectivity index (χ0) is 19.9. The molecule has 1 aromatic rings. The topological polar surface area (TPSA) is 48.9 Å². The Balaban J connectivity index is 2.08. The van der Waals surface area contributed by atoms with E-state index in [4.69, 9.17) is 4.74 Å². The lowest BCUT2D eigenvalue weighted by Gasteiger charge is -2.29. The Morgan fingerprint density at radius 3 is 2.52 bits per heavy atom. The highest BCUT2D eigenvalue weighted by Gasteiger charge is 2.34. The summed E-state index contributed by atoms with van der Waals surface area (Å²) in [6, 6.07) is 4.52. The first-order chi connectivity index (χ1) is 12.8. The molecule has 5 nitrogen and oxygen atoms in total. The summed E-state index contributed by atoms with van der Waals surface area (Å²) in [7, 11) is 1.61. The van der Waals surface area contributed by atoms with Gasteiger partial charge in [-0.15, -0.1) is 0 Å². The van der Waals surface area contributed by atoms with Gasteiger partial charge in [-0.3, -0.25) is 4.99 Å². The van der Waals surface area contributed by atoms with Gasteiger partial charge < -0.3 is 20.3 Å². The molecule has 0 radical (unpaired) electrons. The number of hydrogen-bond donors (Lipinski definition) is 2. The predicted molar refractivity (Wildman–Crippen MR) is 102 cm³/mol. The van der Waals surface area contributed by atoms with Gasteiger partial charge in [0.1, 0.15) is 0 Å². The van der Waals surface area contributed by atoms with E-state index >= 15 is 0 Å². The van der Waals surface area contributed by atoms with E-state index < -0.39 is 11.7 Å². The van der Waals surface area contributed by atoms with Crippen molar-refractivity contribution in [2.75, 3.05) is 44.8 Å². The molecular formula is C19H29F3N4O. The van der Waals surface area contributed by atoms with Gasteiger partial charge in [-0.05, 0) is 30.0 Å². The number of guanidine groups is 1. The van der Waals surface area contributed by atoms with E-state index in [2.05, 4.69) is 29.5 Å². The molecule has 1 aliphatic heterocycles. The van der Waals surface area contributed by atoms with E-state index in [0.717, 1.165) is 13.0 Å². The van der Waals surface area contributed by atoms with Crippen LogP contribution in [-0.2, 0) is 17.5 Å². The van der Waals surface area contributed by atoms with E-state index in [0.29, 0.717) is 43.9 Å². The number of aliphatic imine (C=N–C) groups is 1. The maximum atomic E-state index is 13.6. The predicted octanol–water partition coefficient (Wildman–Crippen LogP) is 3.25. The van der Waals surface area contributed by atoms with Crippen LogP contribution in [0, 0.1) is 5.92 Å². The number of morpholine rings is 1. The van der Waals surface area contributed by atoms with Gasteiger partial charge in [0, 0.05) is 38.9 Å². The normalized spacial score (nSPS) is 16.0. The average molecular weight is 386 g/mol. The van der Waals surface area contributed by atoms with Crippen LogP contribution in [0.2, 0.25) is 0 Å². The van der Waals surface area contributed by atoms with Gasteiger partial charge in [-0.25, -0.2) is 0 Å². The highest BCUT2D eigenvalue weighted by Crippen LogP contribution is 2.35. The van der Waals surface area contributed by atoms with E-state index in [-0.39, 0.29) is 12.1 Å². The van der Waals surface area contributed by atoms with Crippen LogP contribution in [0.25, 0.3) is 0 Å². The van der Waals surface area contributed by atoms with Crippen LogP contribution in [0.4, 0.5) is 18.9 Å². The van der Waals surface area contributed by atoms with Crippen molar-refractivity contribution in [1.29, 1.82) is 0 Å². The molecular weight excluding hydrogens is 357 g/mol. The minimum absolute atomic E-state index is 0.0551. The molecule has 0 unspecified atom stereocenters. The molecule has 8 heteroatoms. The summed E-state index contributed by atoms with van der Waals surface area (Å²) in [6.07, 6.45) is -3.45. The third kappa shape index (κ3) is 6.61. The Kier molecular flexibility index (Phi) is 7.77. The number of anilines is 1. The third-order valence-electron chi connectivity index (χ3n) is 4.46. The monoisotopic (exact) mass is 386 g/mol. The fourth-order valence-corrected chi connectivity index (χ4v) is 2.88. The van der Waals surface area contributed by atoms with Gasteiger partial charge in [0.2, 0.25) is 0 Å². The minimum atomic E-state index is -4.41. The molecule has 27 heavy (non-hydrogen) atoms. The van der Waals surface area contributed by atoms with Gasteiger partial charge in [0.05, 0.1) is 18.8 Å². The van der Waals surface area contributed by atoms with Crippen LogP contribution in [0.15, 0.2) is 23.2 Å². The summed E-state index contributed by atoms with van der Waals surface area (Å²) in [5, 5.41) is 6.10. The van der Waals surface area contributed by atoms with Crippen molar-refractivity contribution in [3.63, 3.8) is 0 Å². The number of alkyl halides is 3. The van der Waals surface area contributed by atoms with Crippen molar-refractivity contribution >= 4 is 11.6 Å². The lowest BCUT2D eigenvalue weighted by molar-refractivity contribution is -0.138. The summed E-state index contributed by atoms with van der Waals surface area (Å²) < 4.78 is 46.0. The number of halogens is 3. The highest BCUT2D eigenvalue weighted by atomic mass is 19.4. The second-order valence-electron chi connectivity index (χ2n) is 6.97. The second kappa shape index (κ2) is 9.82. The first-order valence-corrected chi connectivity index (χ1v) is 9.28. The molecule has 152 valence electrons. The van der Waals surface area contributed by atoms with Gasteiger partial charge in [0.25, 0.3) is 0 Å². The molecule has 2 rings (SSSR count). The molecule has 0 amide bonds. The fraction of sp³-hybridized carbons (Fsp3) is 0.632. The van der Waals surface area contributed by atoms with Crippen LogP contribution < -0.4 is 15.5 Å². The second-order valence-corrected chi connectivity index (χ2v) is 6.97. The highest BCUT2D eigenvalue weighted by molar-refractivity contribution is 5.79. The Morgan fingerprint density at radius 2 is 1.93 bits per heavy atom. The fourth-order valence-electron chi connectivity index (χ4n) is 2.88. The average Bonchev–Trinajstić information content (AvgIpc) is 2.64. The molecule has 0 saturated carbocycles.